The predicted molar refractivity (Wildman–Crippen MR) is 112 cm³/mol. The summed E-state index contributed by atoms with van der Waals surface area (Å²) in [4.78, 5) is 5.08. The van der Waals surface area contributed by atoms with Gasteiger partial charge in [-0.3, -0.25) is 9.80 Å². The van der Waals surface area contributed by atoms with Crippen LogP contribution in [-0.4, -0.2) is 74.5 Å². The first kappa shape index (κ1) is 21.1. The van der Waals surface area contributed by atoms with Crippen molar-refractivity contribution >= 4 is 11.6 Å². The summed E-state index contributed by atoms with van der Waals surface area (Å²) in [5, 5.41) is 0.911. The van der Waals surface area contributed by atoms with Gasteiger partial charge in [-0.15, -0.1) is 0 Å². The summed E-state index contributed by atoms with van der Waals surface area (Å²) in [5.74, 6) is 0. The van der Waals surface area contributed by atoms with Crippen LogP contribution in [0.3, 0.4) is 0 Å². The Morgan fingerprint density at radius 3 is 1.93 bits per heavy atom. The van der Waals surface area contributed by atoms with E-state index in [0.717, 1.165) is 76.9 Å². The zero-order valence-electron chi connectivity index (χ0n) is 17.0. The number of benzene rings is 1. The Labute approximate surface area is 169 Å². The van der Waals surface area contributed by atoms with Crippen LogP contribution in [0.2, 0.25) is 5.02 Å². The number of hydrogen-bond donors (Lipinski definition) is 0. The fraction of sp³-hybridized carbons (Fsp3) is 0.727. The van der Waals surface area contributed by atoms with Crippen molar-refractivity contribution in [1.82, 2.24) is 9.80 Å². The van der Waals surface area contributed by atoms with Gasteiger partial charge in [-0.1, -0.05) is 23.7 Å². The van der Waals surface area contributed by atoms with Crippen molar-refractivity contribution in [2.24, 2.45) is 0 Å². The second-order valence-electron chi connectivity index (χ2n) is 8.00. The molecule has 152 valence electrons. The smallest absolute Gasteiger partial charge is 0.0594 e. The van der Waals surface area contributed by atoms with E-state index in [0.29, 0.717) is 12.1 Å². The van der Waals surface area contributed by atoms with Gasteiger partial charge in [0.15, 0.2) is 0 Å². The number of halogens is 1. The first-order chi connectivity index (χ1) is 13.1. The molecule has 27 heavy (non-hydrogen) atoms. The highest BCUT2D eigenvalue weighted by Gasteiger charge is 2.18. The highest BCUT2D eigenvalue weighted by Crippen LogP contribution is 2.22. The molecule has 1 aromatic rings. The lowest BCUT2D eigenvalue weighted by atomic mass is 9.99. The van der Waals surface area contributed by atoms with Gasteiger partial charge in [0.05, 0.1) is 26.4 Å². The molecule has 2 unspecified atom stereocenters. The zero-order chi connectivity index (χ0) is 19.1. The highest BCUT2D eigenvalue weighted by atomic mass is 35.5. The van der Waals surface area contributed by atoms with Crippen LogP contribution in [-0.2, 0) is 22.3 Å². The Kier molecular flexibility index (Phi) is 8.41. The Morgan fingerprint density at radius 1 is 0.852 bits per heavy atom. The second kappa shape index (κ2) is 10.8. The monoisotopic (exact) mass is 394 g/mol. The standard InChI is InChI=1S/C22H35ClN2O2/c1-18(24-9-13-26-14-10-24)3-5-20-6-8-22(23)21(17-20)7-4-19(2)25-11-15-27-16-12-25/h6,8,17-19H,3-5,7,9-16H2,1-2H3. The first-order valence-electron chi connectivity index (χ1n) is 10.5. The van der Waals surface area contributed by atoms with Gasteiger partial charge in [0, 0.05) is 43.3 Å². The summed E-state index contributed by atoms with van der Waals surface area (Å²) in [6, 6.07) is 7.80. The molecule has 3 rings (SSSR count). The van der Waals surface area contributed by atoms with Crippen molar-refractivity contribution in [3.8, 4) is 0 Å². The maximum Gasteiger partial charge on any atom is 0.0594 e. The second-order valence-corrected chi connectivity index (χ2v) is 8.41. The summed E-state index contributed by atoms with van der Waals surface area (Å²) < 4.78 is 10.9. The number of hydrogen-bond acceptors (Lipinski definition) is 4. The minimum Gasteiger partial charge on any atom is -0.379 e. The van der Waals surface area contributed by atoms with Gasteiger partial charge >= 0.3 is 0 Å². The SMILES string of the molecule is CC(CCc1ccc(Cl)c(CCC(C)N2CCOCC2)c1)N1CCOCC1. The van der Waals surface area contributed by atoms with Crippen LogP contribution in [0.25, 0.3) is 0 Å². The van der Waals surface area contributed by atoms with E-state index in [2.05, 4.69) is 41.8 Å². The lowest BCUT2D eigenvalue weighted by Gasteiger charge is -2.32. The average Bonchev–Trinajstić information content (AvgIpc) is 2.73. The minimum absolute atomic E-state index is 0.579. The molecule has 0 spiro atoms. The zero-order valence-corrected chi connectivity index (χ0v) is 17.7. The molecule has 0 bridgehead atoms. The van der Waals surface area contributed by atoms with Crippen molar-refractivity contribution in [3.05, 3.63) is 34.3 Å². The van der Waals surface area contributed by atoms with E-state index in [4.69, 9.17) is 21.1 Å². The Bertz CT molecular complexity index is 571. The maximum absolute atomic E-state index is 6.49. The number of nitrogens with zero attached hydrogens (tertiary/aromatic N) is 2. The number of ether oxygens (including phenoxy) is 2. The summed E-state index contributed by atoms with van der Waals surface area (Å²) in [6.45, 7) is 12.4. The Hall–Kier alpha value is -0.650. The number of aryl methyl sites for hydroxylation is 2. The van der Waals surface area contributed by atoms with Crippen molar-refractivity contribution in [1.29, 1.82) is 0 Å². The fourth-order valence-electron chi connectivity index (χ4n) is 4.12. The van der Waals surface area contributed by atoms with Crippen molar-refractivity contribution in [3.63, 3.8) is 0 Å². The lowest BCUT2D eigenvalue weighted by Crippen LogP contribution is -2.42. The van der Waals surface area contributed by atoms with Gasteiger partial charge in [0.1, 0.15) is 0 Å². The van der Waals surface area contributed by atoms with E-state index >= 15 is 0 Å². The van der Waals surface area contributed by atoms with Crippen molar-refractivity contribution < 1.29 is 9.47 Å². The third kappa shape index (κ3) is 6.43. The molecule has 2 aliphatic rings. The van der Waals surface area contributed by atoms with Crippen LogP contribution in [0, 0.1) is 0 Å². The van der Waals surface area contributed by atoms with Crippen LogP contribution in [0.15, 0.2) is 18.2 Å². The average molecular weight is 395 g/mol. The predicted octanol–water partition coefficient (Wildman–Crippen LogP) is 3.65. The van der Waals surface area contributed by atoms with Crippen molar-refractivity contribution in [2.45, 2.75) is 51.6 Å². The molecule has 4 nitrogen and oxygen atoms in total. The fourth-order valence-corrected chi connectivity index (χ4v) is 4.33. The summed E-state index contributed by atoms with van der Waals surface area (Å²) in [6.07, 6.45) is 4.49. The van der Waals surface area contributed by atoms with Crippen LogP contribution in [0.4, 0.5) is 0 Å². The minimum atomic E-state index is 0.579. The van der Waals surface area contributed by atoms with E-state index in [-0.39, 0.29) is 0 Å². The maximum atomic E-state index is 6.49. The largest absolute Gasteiger partial charge is 0.379 e. The molecular formula is C22H35ClN2O2. The molecule has 0 amide bonds. The number of rotatable bonds is 8. The topological polar surface area (TPSA) is 24.9 Å². The molecule has 1 aromatic carbocycles. The quantitative estimate of drug-likeness (QED) is 0.672. The number of morpholine rings is 2. The molecule has 0 aromatic heterocycles. The third-order valence-corrected chi connectivity index (χ3v) is 6.50. The van der Waals surface area contributed by atoms with Gasteiger partial charge in [-0.25, -0.2) is 0 Å². The molecule has 0 N–H and O–H groups in total. The van der Waals surface area contributed by atoms with E-state index in [1.165, 1.54) is 17.5 Å². The molecule has 2 fully saturated rings. The molecule has 2 saturated heterocycles. The van der Waals surface area contributed by atoms with Gasteiger partial charge < -0.3 is 9.47 Å². The summed E-state index contributed by atoms with van der Waals surface area (Å²) in [5.41, 5.74) is 2.71. The summed E-state index contributed by atoms with van der Waals surface area (Å²) >= 11 is 6.49. The van der Waals surface area contributed by atoms with E-state index < -0.39 is 0 Å². The van der Waals surface area contributed by atoms with Crippen LogP contribution >= 0.6 is 11.6 Å². The molecule has 2 atom stereocenters. The van der Waals surface area contributed by atoms with Gasteiger partial charge in [0.25, 0.3) is 0 Å². The van der Waals surface area contributed by atoms with E-state index in [9.17, 15) is 0 Å². The molecule has 2 aliphatic heterocycles. The molecular weight excluding hydrogens is 360 g/mol. The van der Waals surface area contributed by atoms with E-state index in [1.54, 1.807) is 0 Å². The Morgan fingerprint density at radius 2 is 1.37 bits per heavy atom. The van der Waals surface area contributed by atoms with Crippen LogP contribution < -0.4 is 0 Å². The van der Waals surface area contributed by atoms with Gasteiger partial charge in [0.2, 0.25) is 0 Å². The molecule has 0 aliphatic carbocycles. The van der Waals surface area contributed by atoms with Crippen LogP contribution in [0.1, 0.15) is 37.8 Å². The normalized spacial score (nSPS) is 21.9. The summed E-state index contributed by atoms with van der Waals surface area (Å²) in [7, 11) is 0. The van der Waals surface area contributed by atoms with E-state index in [1.807, 2.05) is 0 Å². The molecule has 2 heterocycles. The van der Waals surface area contributed by atoms with Crippen molar-refractivity contribution in [2.75, 3.05) is 52.6 Å². The van der Waals surface area contributed by atoms with Gasteiger partial charge in [-0.05, 0) is 56.7 Å². The lowest BCUT2D eigenvalue weighted by molar-refractivity contribution is 0.0187. The Balaban J connectivity index is 1.49. The highest BCUT2D eigenvalue weighted by molar-refractivity contribution is 6.31. The first-order valence-corrected chi connectivity index (χ1v) is 10.9. The third-order valence-electron chi connectivity index (χ3n) is 6.13. The van der Waals surface area contributed by atoms with Gasteiger partial charge in [-0.2, -0.15) is 0 Å². The molecule has 0 radical (unpaired) electrons. The molecule has 5 heteroatoms. The molecule has 0 saturated carbocycles. The van der Waals surface area contributed by atoms with Crippen LogP contribution in [0.5, 0.6) is 0 Å².